The molecular weight excluding hydrogens is 364 g/mol. The van der Waals surface area contributed by atoms with Crippen LogP contribution in [-0.2, 0) is 10.2 Å². The van der Waals surface area contributed by atoms with Gasteiger partial charge < -0.3 is 9.47 Å². The Balaban J connectivity index is 1.33. The fourth-order valence-electron chi connectivity index (χ4n) is 4.10. The number of ether oxygens (including phenoxy) is 2. The van der Waals surface area contributed by atoms with Gasteiger partial charge in [0.1, 0.15) is 0 Å². The molecule has 0 radical (unpaired) electrons. The molecule has 1 fully saturated rings. The first-order valence-electron chi connectivity index (χ1n) is 9.61. The molecule has 1 aliphatic carbocycles. The summed E-state index contributed by atoms with van der Waals surface area (Å²) < 4.78 is 10.7. The maximum Gasteiger partial charge on any atom is 0.244 e. The fraction of sp³-hybridized carbons (Fsp3) is 0.167. The molecule has 5 heteroatoms. The molecule has 1 amide bonds. The highest BCUT2D eigenvalue weighted by molar-refractivity contribution is 5.88. The second-order valence-corrected chi connectivity index (χ2v) is 7.31. The van der Waals surface area contributed by atoms with Crippen molar-refractivity contribution in [2.24, 2.45) is 11.0 Å². The minimum absolute atomic E-state index is 0.0744. The molecule has 1 heterocycles. The second-order valence-electron chi connectivity index (χ2n) is 7.31. The SMILES string of the molecule is O=C(N/N=C/c1ccc2c(c1)OCO2)[C@@H]1CC1(c1ccccc1)c1ccccc1. The molecule has 3 aromatic rings. The molecule has 2 aliphatic rings. The summed E-state index contributed by atoms with van der Waals surface area (Å²) in [6.07, 6.45) is 2.39. The van der Waals surface area contributed by atoms with E-state index in [4.69, 9.17) is 9.47 Å². The van der Waals surface area contributed by atoms with E-state index >= 15 is 0 Å². The van der Waals surface area contributed by atoms with Crippen LogP contribution < -0.4 is 14.9 Å². The van der Waals surface area contributed by atoms with E-state index in [1.807, 2.05) is 54.6 Å². The molecule has 1 N–H and O–H groups in total. The van der Waals surface area contributed by atoms with Crippen LogP contribution in [0.15, 0.2) is 84.0 Å². The fourth-order valence-corrected chi connectivity index (χ4v) is 4.10. The highest BCUT2D eigenvalue weighted by Gasteiger charge is 2.60. The van der Waals surface area contributed by atoms with Gasteiger partial charge in [-0.2, -0.15) is 5.10 Å². The molecule has 1 aliphatic heterocycles. The standard InChI is InChI=1S/C24H20N2O3/c27-23(26-25-15-17-11-12-21-22(13-17)29-16-28-21)20-14-24(20,18-7-3-1-4-8-18)19-9-5-2-6-10-19/h1-13,15,20H,14,16H2,(H,26,27)/b25-15+/t20-/m0/s1. The van der Waals surface area contributed by atoms with Gasteiger partial charge in [-0.3, -0.25) is 4.79 Å². The summed E-state index contributed by atoms with van der Waals surface area (Å²) in [6.45, 7) is 0.232. The maximum absolute atomic E-state index is 12.9. The van der Waals surface area contributed by atoms with Crippen molar-refractivity contribution >= 4 is 12.1 Å². The van der Waals surface area contributed by atoms with Gasteiger partial charge in [0, 0.05) is 5.41 Å². The number of nitrogens with zero attached hydrogens (tertiary/aromatic N) is 1. The summed E-state index contributed by atoms with van der Waals surface area (Å²) in [5, 5.41) is 4.16. The van der Waals surface area contributed by atoms with E-state index in [0.29, 0.717) is 5.75 Å². The molecule has 0 unspecified atom stereocenters. The highest BCUT2D eigenvalue weighted by Crippen LogP contribution is 2.58. The topological polar surface area (TPSA) is 59.9 Å². The number of benzene rings is 3. The number of hydrazone groups is 1. The quantitative estimate of drug-likeness (QED) is 0.537. The minimum atomic E-state index is -0.291. The zero-order valence-electron chi connectivity index (χ0n) is 15.7. The monoisotopic (exact) mass is 384 g/mol. The van der Waals surface area contributed by atoms with E-state index in [0.717, 1.165) is 28.9 Å². The van der Waals surface area contributed by atoms with Crippen LogP contribution in [0.1, 0.15) is 23.1 Å². The van der Waals surface area contributed by atoms with Gasteiger partial charge in [-0.15, -0.1) is 0 Å². The van der Waals surface area contributed by atoms with Crippen molar-refractivity contribution in [3.05, 3.63) is 95.6 Å². The molecule has 1 saturated carbocycles. The Morgan fingerprint density at radius 2 is 1.59 bits per heavy atom. The number of hydrogen-bond donors (Lipinski definition) is 1. The molecule has 3 aromatic carbocycles. The number of amides is 1. The lowest BCUT2D eigenvalue weighted by Gasteiger charge is -2.18. The van der Waals surface area contributed by atoms with E-state index < -0.39 is 0 Å². The first-order chi connectivity index (χ1) is 14.3. The van der Waals surface area contributed by atoms with Gasteiger partial charge >= 0.3 is 0 Å². The van der Waals surface area contributed by atoms with Gasteiger partial charge in [0.25, 0.3) is 0 Å². The molecule has 144 valence electrons. The molecule has 0 aromatic heterocycles. The predicted octanol–water partition coefficient (Wildman–Crippen LogP) is 3.87. The summed E-state index contributed by atoms with van der Waals surface area (Å²) in [5.74, 6) is 1.19. The number of carbonyl (C=O) groups is 1. The lowest BCUT2D eigenvalue weighted by atomic mass is 9.85. The Kier molecular flexibility index (Phi) is 4.28. The van der Waals surface area contributed by atoms with Crippen molar-refractivity contribution in [2.45, 2.75) is 11.8 Å². The van der Waals surface area contributed by atoms with Gasteiger partial charge in [0.15, 0.2) is 11.5 Å². The molecule has 29 heavy (non-hydrogen) atoms. The van der Waals surface area contributed by atoms with E-state index in [9.17, 15) is 4.79 Å². The molecule has 0 spiro atoms. The van der Waals surface area contributed by atoms with Crippen LogP contribution in [0.2, 0.25) is 0 Å². The Hall–Kier alpha value is -3.60. The Morgan fingerprint density at radius 1 is 0.931 bits per heavy atom. The Labute approximate surface area is 169 Å². The lowest BCUT2D eigenvalue weighted by Crippen LogP contribution is -2.25. The van der Waals surface area contributed by atoms with E-state index in [1.54, 1.807) is 6.21 Å². The van der Waals surface area contributed by atoms with Gasteiger partial charge in [-0.05, 0) is 41.3 Å². The third-order valence-electron chi connectivity index (χ3n) is 5.64. The average molecular weight is 384 g/mol. The summed E-state index contributed by atoms with van der Waals surface area (Å²) in [5.41, 5.74) is 5.58. The summed E-state index contributed by atoms with van der Waals surface area (Å²) >= 11 is 0. The minimum Gasteiger partial charge on any atom is -0.454 e. The van der Waals surface area contributed by atoms with Gasteiger partial charge in [-0.25, -0.2) is 5.43 Å². The predicted molar refractivity (Wildman–Crippen MR) is 110 cm³/mol. The van der Waals surface area contributed by atoms with Crippen molar-refractivity contribution in [3.63, 3.8) is 0 Å². The third kappa shape index (κ3) is 3.14. The van der Waals surface area contributed by atoms with Crippen LogP contribution in [0.5, 0.6) is 11.5 Å². The normalized spacial score (nSPS) is 18.6. The molecular formula is C24H20N2O3. The molecule has 5 nitrogen and oxygen atoms in total. The van der Waals surface area contributed by atoms with Crippen LogP contribution in [0.3, 0.4) is 0 Å². The third-order valence-corrected chi connectivity index (χ3v) is 5.64. The van der Waals surface area contributed by atoms with Crippen molar-refractivity contribution in [1.82, 2.24) is 5.43 Å². The maximum atomic E-state index is 12.9. The molecule has 5 rings (SSSR count). The lowest BCUT2D eigenvalue weighted by molar-refractivity contribution is -0.122. The van der Waals surface area contributed by atoms with Crippen molar-refractivity contribution < 1.29 is 14.3 Å². The van der Waals surface area contributed by atoms with Gasteiger partial charge in [0.05, 0.1) is 12.1 Å². The molecule has 0 bridgehead atoms. The van der Waals surface area contributed by atoms with E-state index in [-0.39, 0.29) is 24.0 Å². The number of nitrogens with one attached hydrogen (secondary N) is 1. The van der Waals surface area contributed by atoms with Crippen molar-refractivity contribution in [3.8, 4) is 11.5 Å². The number of carbonyl (C=O) groups excluding carboxylic acids is 1. The number of hydrogen-bond acceptors (Lipinski definition) is 4. The summed E-state index contributed by atoms with van der Waals surface area (Å²) in [7, 11) is 0. The smallest absolute Gasteiger partial charge is 0.244 e. The van der Waals surface area contributed by atoms with E-state index in [1.165, 1.54) is 0 Å². The van der Waals surface area contributed by atoms with Crippen LogP contribution in [0.25, 0.3) is 0 Å². The first-order valence-corrected chi connectivity index (χ1v) is 9.61. The average Bonchev–Trinajstić information content (AvgIpc) is 3.38. The van der Waals surface area contributed by atoms with Crippen molar-refractivity contribution in [2.75, 3.05) is 6.79 Å². The van der Waals surface area contributed by atoms with Crippen LogP contribution in [-0.4, -0.2) is 18.9 Å². The van der Waals surface area contributed by atoms with Crippen LogP contribution >= 0.6 is 0 Å². The zero-order chi connectivity index (χ0) is 19.7. The van der Waals surface area contributed by atoms with E-state index in [2.05, 4.69) is 34.8 Å². The summed E-state index contributed by atoms with van der Waals surface area (Å²) in [6, 6.07) is 26.0. The first kappa shape index (κ1) is 17.5. The molecule has 1 atom stereocenters. The second kappa shape index (κ2) is 7.09. The zero-order valence-corrected chi connectivity index (χ0v) is 15.7. The number of rotatable bonds is 5. The highest BCUT2D eigenvalue weighted by atomic mass is 16.7. The molecule has 0 saturated heterocycles. The number of fused-ring (bicyclic) bond motifs is 1. The van der Waals surface area contributed by atoms with Gasteiger partial charge in [-0.1, -0.05) is 60.7 Å². The Morgan fingerprint density at radius 3 is 2.28 bits per heavy atom. The van der Waals surface area contributed by atoms with Crippen molar-refractivity contribution in [1.29, 1.82) is 0 Å². The van der Waals surface area contributed by atoms with Crippen LogP contribution in [0.4, 0.5) is 0 Å². The Bertz CT molecular complexity index is 1020. The summed E-state index contributed by atoms with van der Waals surface area (Å²) in [4.78, 5) is 12.9. The van der Waals surface area contributed by atoms with Crippen LogP contribution in [0, 0.1) is 5.92 Å². The van der Waals surface area contributed by atoms with Gasteiger partial charge in [0.2, 0.25) is 12.7 Å². The largest absolute Gasteiger partial charge is 0.454 e.